The van der Waals surface area contributed by atoms with Gasteiger partial charge >= 0.3 is 0 Å². The zero-order valence-electron chi connectivity index (χ0n) is 18.3. The van der Waals surface area contributed by atoms with E-state index in [1.807, 2.05) is 69.4 Å². The summed E-state index contributed by atoms with van der Waals surface area (Å²) in [4.78, 5) is 32.9. The number of anilines is 1. The number of aromatic nitrogens is 2. The Labute approximate surface area is 195 Å². The van der Waals surface area contributed by atoms with Gasteiger partial charge in [-0.25, -0.2) is 4.98 Å². The predicted molar refractivity (Wildman–Crippen MR) is 129 cm³/mol. The van der Waals surface area contributed by atoms with Gasteiger partial charge in [0.2, 0.25) is 0 Å². The molecule has 4 aromatic rings. The van der Waals surface area contributed by atoms with E-state index in [-0.39, 0.29) is 11.8 Å². The number of fused-ring (bicyclic) bond motifs is 1. The average Bonchev–Trinajstić information content (AvgIpc) is 3.46. The third-order valence-corrected chi connectivity index (χ3v) is 6.61. The third-order valence-electron chi connectivity index (χ3n) is 5.77. The summed E-state index contributed by atoms with van der Waals surface area (Å²) in [6.07, 6.45) is 2.82. The lowest BCUT2D eigenvalue weighted by Gasteiger charge is -2.26. The summed E-state index contributed by atoms with van der Waals surface area (Å²) < 4.78 is 7.20. The molecule has 0 spiro atoms. The molecule has 2 aromatic carbocycles. The Kier molecular flexibility index (Phi) is 5.93. The first-order valence-electron chi connectivity index (χ1n) is 11.0. The maximum atomic E-state index is 13.0. The van der Waals surface area contributed by atoms with Crippen molar-refractivity contribution in [1.82, 2.24) is 14.3 Å². The summed E-state index contributed by atoms with van der Waals surface area (Å²) in [5.74, 6) is -0.164. The van der Waals surface area contributed by atoms with E-state index in [0.29, 0.717) is 43.2 Å². The number of imidazole rings is 1. The first-order chi connectivity index (χ1) is 16.1. The van der Waals surface area contributed by atoms with Gasteiger partial charge in [0.15, 0.2) is 4.96 Å². The minimum atomic E-state index is -0.154. The Bertz CT molecular complexity index is 1300. The molecule has 0 bridgehead atoms. The van der Waals surface area contributed by atoms with Gasteiger partial charge in [-0.05, 0) is 36.2 Å². The second kappa shape index (κ2) is 9.17. The van der Waals surface area contributed by atoms with Crippen molar-refractivity contribution >= 4 is 33.8 Å². The van der Waals surface area contributed by atoms with Crippen LogP contribution < -0.4 is 5.32 Å². The van der Waals surface area contributed by atoms with E-state index in [0.717, 1.165) is 22.6 Å². The fourth-order valence-electron chi connectivity index (χ4n) is 3.86. The van der Waals surface area contributed by atoms with Crippen molar-refractivity contribution in [1.29, 1.82) is 0 Å². The number of amides is 2. The Balaban J connectivity index is 1.36. The van der Waals surface area contributed by atoms with Crippen LogP contribution in [-0.4, -0.2) is 52.4 Å². The topological polar surface area (TPSA) is 75.9 Å². The van der Waals surface area contributed by atoms with Crippen molar-refractivity contribution in [2.24, 2.45) is 0 Å². The van der Waals surface area contributed by atoms with E-state index in [9.17, 15) is 9.59 Å². The molecule has 3 heterocycles. The highest BCUT2D eigenvalue weighted by atomic mass is 32.1. The van der Waals surface area contributed by atoms with E-state index >= 15 is 0 Å². The molecule has 0 atom stereocenters. The number of aryl methyl sites for hydroxylation is 1. The van der Waals surface area contributed by atoms with E-state index < -0.39 is 0 Å². The molecule has 1 N–H and O–H groups in total. The number of morpholine rings is 1. The molecule has 0 radical (unpaired) electrons. The summed E-state index contributed by atoms with van der Waals surface area (Å²) >= 11 is 1.44. The van der Waals surface area contributed by atoms with E-state index in [4.69, 9.17) is 9.72 Å². The van der Waals surface area contributed by atoms with E-state index in [2.05, 4.69) is 12.2 Å². The van der Waals surface area contributed by atoms with Crippen molar-refractivity contribution in [2.75, 3.05) is 31.6 Å². The minimum absolute atomic E-state index is 0.0106. The smallest absolute Gasteiger partial charge is 0.271 e. The average molecular weight is 461 g/mol. The summed E-state index contributed by atoms with van der Waals surface area (Å²) in [6, 6.07) is 15.2. The number of thiazole rings is 1. The molecule has 1 aliphatic rings. The fraction of sp³-hybridized carbons (Fsp3) is 0.240. The largest absolute Gasteiger partial charge is 0.378 e. The van der Waals surface area contributed by atoms with Gasteiger partial charge in [-0.2, -0.15) is 0 Å². The Morgan fingerprint density at radius 2 is 1.91 bits per heavy atom. The second-order valence-corrected chi connectivity index (χ2v) is 8.73. The van der Waals surface area contributed by atoms with Crippen molar-refractivity contribution < 1.29 is 14.3 Å². The maximum Gasteiger partial charge on any atom is 0.271 e. The van der Waals surface area contributed by atoms with Crippen LogP contribution in [-0.2, 0) is 11.2 Å². The van der Waals surface area contributed by atoms with Gasteiger partial charge in [0.25, 0.3) is 11.8 Å². The highest BCUT2D eigenvalue weighted by Crippen LogP contribution is 2.26. The van der Waals surface area contributed by atoms with Gasteiger partial charge in [-0.15, -0.1) is 11.3 Å². The molecule has 8 heteroatoms. The number of hydrogen-bond donors (Lipinski definition) is 1. The number of nitrogens with zero attached hydrogens (tertiary/aromatic N) is 3. The van der Waals surface area contributed by atoms with Crippen molar-refractivity contribution in [2.45, 2.75) is 13.3 Å². The van der Waals surface area contributed by atoms with Crippen LogP contribution in [0, 0.1) is 0 Å². The predicted octanol–water partition coefficient (Wildman–Crippen LogP) is 4.35. The van der Waals surface area contributed by atoms with Crippen LogP contribution in [0.1, 0.15) is 33.3 Å². The molecule has 2 aromatic heterocycles. The summed E-state index contributed by atoms with van der Waals surface area (Å²) in [5.41, 5.74) is 4.73. The van der Waals surface area contributed by atoms with Crippen LogP contribution in [0.3, 0.4) is 0 Å². The second-order valence-electron chi connectivity index (χ2n) is 7.89. The van der Waals surface area contributed by atoms with Crippen molar-refractivity contribution in [3.05, 3.63) is 76.9 Å². The molecule has 0 aliphatic carbocycles. The lowest BCUT2D eigenvalue weighted by atomic mass is 10.1. The van der Waals surface area contributed by atoms with E-state index in [1.165, 1.54) is 16.9 Å². The zero-order chi connectivity index (χ0) is 22.8. The monoisotopic (exact) mass is 460 g/mol. The molecule has 5 rings (SSSR count). The van der Waals surface area contributed by atoms with Gasteiger partial charge in [-0.3, -0.25) is 14.0 Å². The Morgan fingerprint density at radius 3 is 2.67 bits per heavy atom. The highest BCUT2D eigenvalue weighted by molar-refractivity contribution is 7.15. The lowest BCUT2D eigenvalue weighted by Crippen LogP contribution is -2.41. The van der Waals surface area contributed by atoms with Gasteiger partial charge in [0.05, 0.1) is 18.9 Å². The molecular weight excluding hydrogens is 436 g/mol. The summed E-state index contributed by atoms with van der Waals surface area (Å²) in [6.45, 7) is 4.41. The molecule has 1 fully saturated rings. The highest BCUT2D eigenvalue weighted by Gasteiger charge is 2.22. The molecule has 0 unspecified atom stereocenters. The molecule has 1 aliphatic heterocycles. The molecule has 1 saturated heterocycles. The maximum absolute atomic E-state index is 13.0. The van der Waals surface area contributed by atoms with Crippen LogP contribution in [0.2, 0.25) is 0 Å². The van der Waals surface area contributed by atoms with Crippen LogP contribution in [0.4, 0.5) is 5.69 Å². The third kappa shape index (κ3) is 4.40. The quantitative estimate of drug-likeness (QED) is 0.480. The summed E-state index contributed by atoms with van der Waals surface area (Å²) in [5, 5.41) is 4.81. The number of rotatable bonds is 5. The standard InChI is InChI=1S/C25H24N4O3S/c1-2-17-6-8-18(9-7-17)23(30)26-20-5-3-4-19(14-20)21-15-29-22(16-33-25(29)27-21)24(31)28-10-12-32-13-11-28/h3-9,14-16H,2,10-13H2,1H3,(H,26,30). The minimum Gasteiger partial charge on any atom is -0.378 e. The normalized spacial score (nSPS) is 13.9. The Morgan fingerprint density at radius 1 is 1.12 bits per heavy atom. The van der Waals surface area contributed by atoms with E-state index in [1.54, 1.807) is 0 Å². The van der Waals surface area contributed by atoms with Crippen LogP contribution in [0.5, 0.6) is 0 Å². The van der Waals surface area contributed by atoms with Crippen molar-refractivity contribution in [3.8, 4) is 11.3 Å². The fourth-order valence-corrected chi connectivity index (χ4v) is 4.70. The Hall–Kier alpha value is -3.49. The van der Waals surface area contributed by atoms with Crippen LogP contribution >= 0.6 is 11.3 Å². The number of hydrogen-bond acceptors (Lipinski definition) is 5. The SMILES string of the molecule is CCc1ccc(C(=O)Nc2cccc(-c3cn4c(C(=O)N5CCOCC5)csc4n3)c2)cc1. The number of carbonyl (C=O) groups is 2. The van der Waals surface area contributed by atoms with Gasteiger partial charge < -0.3 is 15.0 Å². The van der Waals surface area contributed by atoms with Gasteiger partial charge in [0.1, 0.15) is 5.69 Å². The molecular formula is C25H24N4O3S. The van der Waals surface area contributed by atoms with Crippen LogP contribution in [0.25, 0.3) is 16.2 Å². The zero-order valence-corrected chi connectivity index (χ0v) is 19.1. The molecule has 168 valence electrons. The van der Waals surface area contributed by atoms with Gasteiger partial charge in [0, 0.05) is 41.5 Å². The first kappa shape index (κ1) is 21.4. The van der Waals surface area contributed by atoms with Crippen molar-refractivity contribution in [3.63, 3.8) is 0 Å². The first-order valence-corrected chi connectivity index (χ1v) is 11.8. The summed E-state index contributed by atoms with van der Waals surface area (Å²) in [7, 11) is 0. The molecule has 7 nitrogen and oxygen atoms in total. The molecule has 0 saturated carbocycles. The molecule has 33 heavy (non-hydrogen) atoms. The molecule has 2 amide bonds. The number of benzene rings is 2. The van der Waals surface area contributed by atoms with Crippen LogP contribution in [0.15, 0.2) is 60.1 Å². The lowest BCUT2D eigenvalue weighted by molar-refractivity contribution is 0.0298. The van der Waals surface area contributed by atoms with Gasteiger partial charge in [-0.1, -0.05) is 31.2 Å². The number of ether oxygens (including phenoxy) is 1. The number of carbonyl (C=O) groups excluding carboxylic acids is 2. The number of nitrogens with one attached hydrogen (secondary N) is 1.